The maximum Gasteiger partial charge on any atom is 0.227 e. The molecule has 2 aromatic carbocycles. The van der Waals surface area contributed by atoms with E-state index in [1.807, 2.05) is 17.2 Å². The van der Waals surface area contributed by atoms with E-state index in [0.29, 0.717) is 12.3 Å². The van der Waals surface area contributed by atoms with Gasteiger partial charge in [0.2, 0.25) is 5.91 Å². The molecular weight excluding hydrogens is 320 g/mol. The number of benzene rings is 2. The molecule has 2 heterocycles. The number of piperidine rings is 1. The van der Waals surface area contributed by atoms with Gasteiger partial charge in [-0.25, -0.2) is 0 Å². The number of hydrogen-bond acceptors (Lipinski definition) is 2. The van der Waals surface area contributed by atoms with Crippen LogP contribution in [0.2, 0.25) is 0 Å². The summed E-state index contributed by atoms with van der Waals surface area (Å²) in [6.45, 7) is 3.70. The van der Waals surface area contributed by atoms with Gasteiger partial charge in [-0.1, -0.05) is 54.1 Å². The average molecular weight is 344 g/mol. The minimum absolute atomic E-state index is 0.222. The highest BCUT2D eigenvalue weighted by molar-refractivity contribution is 5.82. The third kappa shape index (κ3) is 3.62. The molecule has 0 saturated carbocycles. The quantitative estimate of drug-likeness (QED) is 0.701. The molecule has 1 aliphatic heterocycles. The summed E-state index contributed by atoms with van der Waals surface area (Å²) in [5, 5.41) is 2.39. The Bertz CT molecular complexity index is 917. The van der Waals surface area contributed by atoms with Crippen LogP contribution in [0.3, 0.4) is 0 Å². The summed E-state index contributed by atoms with van der Waals surface area (Å²) in [5.41, 5.74) is 3.42. The molecule has 1 atom stereocenters. The van der Waals surface area contributed by atoms with Crippen molar-refractivity contribution in [1.82, 2.24) is 9.88 Å². The van der Waals surface area contributed by atoms with Crippen molar-refractivity contribution in [2.45, 2.75) is 32.1 Å². The van der Waals surface area contributed by atoms with Gasteiger partial charge in [0.1, 0.15) is 0 Å². The number of carbonyl (C=O) groups excluding carboxylic acids is 1. The van der Waals surface area contributed by atoms with E-state index in [9.17, 15) is 4.79 Å². The number of nitrogens with zero attached hydrogens (tertiary/aromatic N) is 2. The second kappa shape index (κ2) is 7.28. The Morgan fingerprint density at radius 3 is 2.69 bits per heavy atom. The van der Waals surface area contributed by atoms with Crippen molar-refractivity contribution in [3.63, 3.8) is 0 Å². The van der Waals surface area contributed by atoms with Crippen LogP contribution < -0.4 is 0 Å². The van der Waals surface area contributed by atoms with Crippen LogP contribution in [-0.2, 0) is 11.2 Å². The molecule has 26 heavy (non-hydrogen) atoms. The van der Waals surface area contributed by atoms with E-state index in [1.54, 1.807) is 0 Å². The van der Waals surface area contributed by atoms with Gasteiger partial charge in [0, 0.05) is 36.3 Å². The molecule has 3 nitrogen and oxygen atoms in total. The van der Waals surface area contributed by atoms with Gasteiger partial charge in [-0.3, -0.25) is 9.78 Å². The molecule has 1 saturated heterocycles. The van der Waals surface area contributed by atoms with Crippen LogP contribution in [0.25, 0.3) is 10.8 Å². The molecule has 3 aromatic rings. The maximum absolute atomic E-state index is 12.7. The van der Waals surface area contributed by atoms with E-state index in [1.165, 1.54) is 16.3 Å². The smallest absolute Gasteiger partial charge is 0.227 e. The van der Waals surface area contributed by atoms with Crippen LogP contribution >= 0.6 is 0 Å². The van der Waals surface area contributed by atoms with Crippen molar-refractivity contribution in [2.24, 2.45) is 0 Å². The van der Waals surface area contributed by atoms with E-state index >= 15 is 0 Å². The number of aromatic nitrogens is 1. The first-order valence-corrected chi connectivity index (χ1v) is 9.37. The predicted molar refractivity (Wildman–Crippen MR) is 105 cm³/mol. The molecule has 0 unspecified atom stereocenters. The van der Waals surface area contributed by atoms with Gasteiger partial charge < -0.3 is 4.90 Å². The topological polar surface area (TPSA) is 33.2 Å². The number of pyridine rings is 1. The van der Waals surface area contributed by atoms with E-state index in [4.69, 9.17) is 0 Å². The summed E-state index contributed by atoms with van der Waals surface area (Å²) in [6, 6.07) is 18.8. The predicted octanol–water partition coefficient (Wildman–Crippen LogP) is 4.49. The van der Waals surface area contributed by atoms with Gasteiger partial charge >= 0.3 is 0 Å². The number of amides is 1. The summed E-state index contributed by atoms with van der Waals surface area (Å²) in [5.74, 6) is 0.551. The zero-order chi connectivity index (χ0) is 17.9. The lowest BCUT2D eigenvalue weighted by Crippen LogP contribution is -2.40. The van der Waals surface area contributed by atoms with Crippen LogP contribution in [0, 0.1) is 6.92 Å². The Morgan fingerprint density at radius 1 is 1.12 bits per heavy atom. The van der Waals surface area contributed by atoms with E-state index in [0.717, 1.165) is 37.2 Å². The van der Waals surface area contributed by atoms with Gasteiger partial charge in [0.15, 0.2) is 0 Å². The van der Waals surface area contributed by atoms with Crippen molar-refractivity contribution >= 4 is 16.7 Å². The van der Waals surface area contributed by atoms with Crippen LogP contribution in [0.15, 0.2) is 60.8 Å². The van der Waals surface area contributed by atoms with Gasteiger partial charge in [0.25, 0.3) is 0 Å². The number of likely N-dealkylation sites (tertiary alicyclic amines) is 1. The fraction of sp³-hybridized carbons (Fsp3) is 0.304. The molecule has 0 spiro atoms. The number of hydrogen-bond donors (Lipinski definition) is 0. The Hall–Kier alpha value is -2.68. The van der Waals surface area contributed by atoms with E-state index < -0.39 is 0 Å². The molecular formula is C23H24N2O. The highest BCUT2D eigenvalue weighted by atomic mass is 16.2. The monoisotopic (exact) mass is 344 g/mol. The van der Waals surface area contributed by atoms with Gasteiger partial charge in [0.05, 0.1) is 6.42 Å². The second-order valence-electron chi connectivity index (χ2n) is 7.30. The van der Waals surface area contributed by atoms with Crippen molar-refractivity contribution in [2.75, 3.05) is 13.1 Å². The largest absolute Gasteiger partial charge is 0.342 e. The van der Waals surface area contributed by atoms with Crippen LogP contribution in [0.4, 0.5) is 0 Å². The third-order valence-corrected chi connectivity index (χ3v) is 5.32. The number of aryl methyl sites for hydroxylation is 1. The maximum atomic E-state index is 12.7. The first kappa shape index (κ1) is 16.8. The van der Waals surface area contributed by atoms with Gasteiger partial charge in [-0.2, -0.15) is 0 Å². The summed E-state index contributed by atoms with van der Waals surface area (Å²) in [7, 11) is 0. The van der Waals surface area contributed by atoms with Gasteiger partial charge in [-0.15, -0.1) is 0 Å². The van der Waals surface area contributed by atoms with Crippen molar-refractivity contribution in [3.05, 3.63) is 77.6 Å². The molecule has 132 valence electrons. The first-order chi connectivity index (χ1) is 12.7. The molecule has 1 aliphatic rings. The molecule has 0 aliphatic carbocycles. The lowest BCUT2D eigenvalue weighted by molar-refractivity contribution is -0.131. The third-order valence-electron chi connectivity index (χ3n) is 5.32. The Morgan fingerprint density at radius 2 is 1.88 bits per heavy atom. The molecule has 0 radical (unpaired) electrons. The summed E-state index contributed by atoms with van der Waals surface area (Å²) < 4.78 is 0. The SMILES string of the molecule is Cc1ccc(CC(=O)N2CCC[C@@H](c3cc4ccccc4cn3)C2)cc1. The Kier molecular flexibility index (Phi) is 4.70. The number of rotatable bonds is 3. The molecule has 4 rings (SSSR count). The standard InChI is InChI=1S/C23H24N2O/c1-17-8-10-18(11-9-17)13-23(26)25-12-4-7-21(16-25)22-14-19-5-2-3-6-20(19)15-24-22/h2-3,5-6,8-11,14-15,21H,4,7,12-13,16H2,1H3/t21-/m1/s1. The Balaban J connectivity index is 1.47. The Labute approximate surface area is 154 Å². The number of carbonyl (C=O) groups is 1. The van der Waals surface area contributed by atoms with E-state index in [-0.39, 0.29) is 5.91 Å². The molecule has 3 heteroatoms. The molecule has 1 amide bonds. The molecule has 1 aromatic heterocycles. The second-order valence-corrected chi connectivity index (χ2v) is 7.30. The zero-order valence-corrected chi connectivity index (χ0v) is 15.2. The highest BCUT2D eigenvalue weighted by Gasteiger charge is 2.25. The minimum Gasteiger partial charge on any atom is -0.342 e. The molecule has 0 bridgehead atoms. The summed E-state index contributed by atoms with van der Waals surface area (Å²) in [6.07, 6.45) is 4.58. The van der Waals surface area contributed by atoms with Crippen molar-refractivity contribution in [1.29, 1.82) is 0 Å². The van der Waals surface area contributed by atoms with Crippen molar-refractivity contribution < 1.29 is 4.79 Å². The first-order valence-electron chi connectivity index (χ1n) is 9.37. The normalized spacial score (nSPS) is 17.4. The fourth-order valence-corrected chi connectivity index (χ4v) is 3.76. The molecule has 0 N–H and O–H groups in total. The fourth-order valence-electron chi connectivity index (χ4n) is 3.76. The highest BCUT2D eigenvalue weighted by Crippen LogP contribution is 2.28. The van der Waals surface area contributed by atoms with Gasteiger partial charge in [-0.05, 0) is 36.8 Å². The summed E-state index contributed by atoms with van der Waals surface area (Å²) in [4.78, 5) is 19.4. The lowest BCUT2D eigenvalue weighted by Gasteiger charge is -2.32. The lowest BCUT2D eigenvalue weighted by atomic mass is 9.93. The average Bonchev–Trinajstić information content (AvgIpc) is 2.69. The van der Waals surface area contributed by atoms with E-state index in [2.05, 4.69) is 60.4 Å². The summed E-state index contributed by atoms with van der Waals surface area (Å²) >= 11 is 0. The van der Waals surface area contributed by atoms with Crippen molar-refractivity contribution in [3.8, 4) is 0 Å². The van der Waals surface area contributed by atoms with Crippen LogP contribution in [0.1, 0.15) is 35.6 Å². The number of fused-ring (bicyclic) bond motifs is 1. The van der Waals surface area contributed by atoms with Crippen LogP contribution in [-0.4, -0.2) is 28.9 Å². The minimum atomic E-state index is 0.222. The van der Waals surface area contributed by atoms with Crippen LogP contribution in [0.5, 0.6) is 0 Å². The zero-order valence-electron chi connectivity index (χ0n) is 15.2. The molecule has 1 fully saturated rings.